The van der Waals surface area contributed by atoms with E-state index >= 15 is 0 Å². The lowest BCUT2D eigenvalue weighted by Gasteiger charge is -2.22. The molecule has 1 fully saturated rings. The summed E-state index contributed by atoms with van der Waals surface area (Å²) in [4.78, 5) is 10.9. The molecule has 0 atom stereocenters. The summed E-state index contributed by atoms with van der Waals surface area (Å²) in [6.45, 7) is 7.44. The van der Waals surface area contributed by atoms with Crippen LogP contribution in [0.15, 0.2) is 0 Å². The van der Waals surface area contributed by atoms with Gasteiger partial charge in [0.15, 0.2) is 0 Å². The molecule has 1 aliphatic heterocycles. The quantitative estimate of drug-likeness (QED) is 0.714. The zero-order valence-electron chi connectivity index (χ0n) is 8.93. The maximum Gasteiger partial charge on any atom is 0.219 e. The molecule has 0 aliphatic carbocycles. The Morgan fingerprint density at radius 3 is 2.38 bits per heavy atom. The molecule has 0 aromatic heterocycles. The minimum Gasteiger partial charge on any atom is -0.381 e. The molecule has 0 aromatic rings. The van der Waals surface area contributed by atoms with Crippen LogP contribution in [-0.4, -0.2) is 25.2 Å². The monoisotopic (exact) mass is 187 g/mol. The normalized spacial score (nSPS) is 17.2. The fourth-order valence-electron chi connectivity index (χ4n) is 1.17. The Morgan fingerprint density at radius 2 is 1.92 bits per heavy atom. The third-order valence-corrected chi connectivity index (χ3v) is 1.91. The van der Waals surface area contributed by atoms with Gasteiger partial charge in [0.05, 0.1) is 0 Å². The van der Waals surface area contributed by atoms with E-state index in [2.05, 4.69) is 5.32 Å². The Labute approximate surface area is 80.8 Å². The molecule has 1 amide bonds. The summed E-state index contributed by atoms with van der Waals surface area (Å²) in [6, 6.07) is 0.358. The van der Waals surface area contributed by atoms with E-state index in [1.807, 2.05) is 20.8 Å². The SMILES string of the molecule is CC.CCC(=O)NC1CCOCC1. The number of carbonyl (C=O) groups excluding carboxylic acids is 1. The summed E-state index contributed by atoms with van der Waals surface area (Å²) in [5.41, 5.74) is 0. The highest BCUT2D eigenvalue weighted by atomic mass is 16.5. The number of rotatable bonds is 2. The number of hydrogen-bond acceptors (Lipinski definition) is 2. The molecular weight excluding hydrogens is 166 g/mol. The summed E-state index contributed by atoms with van der Waals surface area (Å²) in [6.07, 6.45) is 2.51. The summed E-state index contributed by atoms with van der Waals surface area (Å²) in [5.74, 6) is 0.150. The molecule has 3 nitrogen and oxygen atoms in total. The van der Waals surface area contributed by atoms with Crippen molar-refractivity contribution in [3.63, 3.8) is 0 Å². The van der Waals surface area contributed by atoms with Crippen molar-refractivity contribution in [1.29, 1.82) is 0 Å². The van der Waals surface area contributed by atoms with Gasteiger partial charge in [-0.2, -0.15) is 0 Å². The first kappa shape index (κ1) is 12.4. The molecule has 0 spiro atoms. The second kappa shape index (κ2) is 8.05. The van der Waals surface area contributed by atoms with Crippen LogP contribution in [0, 0.1) is 0 Å². The van der Waals surface area contributed by atoms with Crippen LogP contribution in [0.25, 0.3) is 0 Å². The number of ether oxygens (including phenoxy) is 1. The van der Waals surface area contributed by atoms with E-state index in [1.54, 1.807) is 0 Å². The Balaban J connectivity index is 0.000000671. The molecule has 1 saturated heterocycles. The van der Waals surface area contributed by atoms with Crippen LogP contribution in [-0.2, 0) is 9.53 Å². The van der Waals surface area contributed by atoms with Crippen molar-refractivity contribution in [3.05, 3.63) is 0 Å². The average molecular weight is 187 g/mol. The first-order chi connectivity index (χ1) is 6.33. The van der Waals surface area contributed by atoms with Crippen molar-refractivity contribution in [2.24, 2.45) is 0 Å². The Morgan fingerprint density at radius 1 is 1.38 bits per heavy atom. The molecule has 1 heterocycles. The lowest BCUT2D eigenvalue weighted by molar-refractivity contribution is -0.122. The topological polar surface area (TPSA) is 38.3 Å². The van der Waals surface area contributed by atoms with Crippen molar-refractivity contribution in [2.45, 2.75) is 46.1 Å². The molecule has 3 heteroatoms. The number of nitrogens with one attached hydrogen (secondary N) is 1. The maximum absolute atomic E-state index is 10.9. The summed E-state index contributed by atoms with van der Waals surface area (Å²) in [5, 5.41) is 2.95. The molecular formula is C10H21NO2. The average Bonchev–Trinajstić information content (AvgIpc) is 2.22. The highest BCUT2D eigenvalue weighted by Crippen LogP contribution is 2.05. The molecule has 78 valence electrons. The third-order valence-electron chi connectivity index (χ3n) is 1.91. The molecule has 1 N–H and O–H groups in total. The van der Waals surface area contributed by atoms with Crippen LogP contribution >= 0.6 is 0 Å². The van der Waals surface area contributed by atoms with Gasteiger partial charge in [-0.25, -0.2) is 0 Å². The van der Waals surface area contributed by atoms with Gasteiger partial charge < -0.3 is 10.1 Å². The molecule has 1 aliphatic rings. The van der Waals surface area contributed by atoms with E-state index in [0.29, 0.717) is 12.5 Å². The Bertz CT molecular complexity index is 131. The van der Waals surface area contributed by atoms with Crippen LogP contribution < -0.4 is 5.32 Å². The van der Waals surface area contributed by atoms with E-state index in [-0.39, 0.29) is 5.91 Å². The molecule has 0 radical (unpaired) electrons. The molecule has 0 saturated carbocycles. The predicted molar refractivity (Wildman–Crippen MR) is 53.6 cm³/mol. The molecule has 13 heavy (non-hydrogen) atoms. The van der Waals surface area contributed by atoms with Gasteiger partial charge in [0.2, 0.25) is 5.91 Å². The van der Waals surface area contributed by atoms with E-state index in [9.17, 15) is 4.79 Å². The summed E-state index contributed by atoms with van der Waals surface area (Å²) in [7, 11) is 0. The zero-order valence-corrected chi connectivity index (χ0v) is 8.93. The van der Waals surface area contributed by atoms with Gasteiger partial charge in [0, 0.05) is 25.7 Å². The largest absolute Gasteiger partial charge is 0.381 e. The standard InChI is InChI=1S/C8H15NO2.C2H6/c1-2-8(10)9-7-3-5-11-6-4-7;1-2/h7H,2-6H2,1H3,(H,9,10);1-2H3. The maximum atomic E-state index is 10.9. The van der Waals surface area contributed by atoms with E-state index in [4.69, 9.17) is 4.74 Å². The van der Waals surface area contributed by atoms with Gasteiger partial charge >= 0.3 is 0 Å². The fourth-order valence-corrected chi connectivity index (χ4v) is 1.17. The minimum atomic E-state index is 0.150. The van der Waals surface area contributed by atoms with Crippen LogP contribution in [0.1, 0.15) is 40.0 Å². The second-order valence-electron chi connectivity index (χ2n) is 2.81. The van der Waals surface area contributed by atoms with E-state index in [1.165, 1.54) is 0 Å². The summed E-state index contributed by atoms with van der Waals surface area (Å²) < 4.78 is 5.16. The first-order valence-electron chi connectivity index (χ1n) is 5.20. The molecule has 0 aromatic carbocycles. The van der Waals surface area contributed by atoms with Crippen LogP contribution in [0.5, 0.6) is 0 Å². The van der Waals surface area contributed by atoms with E-state index < -0.39 is 0 Å². The van der Waals surface area contributed by atoms with E-state index in [0.717, 1.165) is 26.1 Å². The molecule has 0 unspecified atom stereocenters. The van der Waals surface area contributed by atoms with Crippen molar-refractivity contribution >= 4 is 5.91 Å². The highest BCUT2D eigenvalue weighted by molar-refractivity contribution is 5.75. The summed E-state index contributed by atoms with van der Waals surface area (Å²) >= 11 is 0. The fraction of sp³-hybridized carbons (Fsp3) is 0.900. The van der Waals surface area contributed by atoms with Crippen molar-refractivity contribution < 1.29 is 9.53 Å². The van der Waals surface area contributed by atoms with Gasteiger partial charge in [-0.05, 0) is 12.8 Å². The third kappa shape index (κ3) is 5.64. The molecule has 1 rings (SSSR count). The lowest BCUT2D eigenvalue weighted by atomic mass is 10.1. The molecule has 0 bridgehead atoms. The van der Waals surface area contributed by atoms with Gasteiger partial charge in [0.25, 0.3) is 0 Å². The Kier molecular flexibility index (Phi) is 7.69. The van der Waals surface area contributed by atoms with Gasteiger partial charge in [0.1, 0.15) is 0 Å². The van der Waals surface area contributed by atoms with Gasteiger partial charge in [-0.1, -0.05) is 20.8 Å². The van der Waals surface area contributed by atoms with Crippen LogP contribution in [0.3, 0.4) is 0 Å². The number of amides is 1. The van der Waals surface area contributed by atoms with Gasteiger partial charge in [-0.3, -0.25) is 4.79 Å². The second-order valence-corrected chi connectivity index (χ2v) is 2.81. The minimum absolute atomic E-state index is 0.150. The Hall–Kier alpha value is -0.570. The van der Waals surface area contributed by atoms with Crippen molar-refractivity contribution in [3.8, 4) is 0 Å². The highest BCUT2D eigenvalue weighted by Gasteiger charge is 2.14. The van der Waals surface area contributed by atoms with Gasteiger partial charge in [-0.15, -0.1) is 0 Å². The van der Waals surface area contributed by atoms with Crippen molar-refractivity contribution in [2.75, 3.05) is 13.2 Å². The number of hydrogen-bond donors (Lipinski definition) is 1. The van der Waals surface area contributed by atoms with Crippen LogP contribution in [0.4, 0.5) is 0 Å². The van der Waals surface area contributed by atoms with Crippen molar-refractivity contribution in [1.82, 2.24) is 5.32 Å². The number of carbonyl (C=O) groups is 1. The predicted octanol–water partition coefficient (Wildman–Crippen LogP) is 1.72. The first-order valence-corrected chi connectivity index (χ1v) is 5.20. The lowest BCUT2D eigenvalue weighted by Crippen LogP contribution is -2.38. The van der Waals surface area contributed by atoms with Crippen LogP contribution in [0.2, 0.25) is 0 Å². The zero-order chi connectivity index (χ0) is 10.1. The smallest absolute Gasteiger partial charge is 0.219 e.